The molecule has 37 heavy (non-hydrogen) atoms. The Bertz CT molecular complexity index is 1380. The minimum absolute atomic E-state index is 0.125. The van der Waals surface area contributed by atoms with Crippen LogP contribution in [0.25, 0.3) is 11.3 Å². The predicted octanol–water partition coefficient (Wildman–Crippen LogP) is 4.89. The third-order valence-corrected chi connectivity index (χ3v) is 8.33. The van der Waals surface area contributed by atoms with E-state index in [9.17, 15) is 23.1 Å². The molecule has 3 saturated carbocycles. The molecule has 1 amide bonds. The summed E-state index contributed by atoms with van der Waals surface area (Å²) in [5.74, 6) is -0.259. The van der Waals surface area contributed by atoms with Crippen LogP contribution in [0.3, 0.4) is 0 Å². The summed E-state index contributed by atoms with van der Waals surface area (Å²) < 4.78 is 49.2. The van der Waals surface area contributed by atoms with E-state index >= 15 is 0 Å². The van der Waals surface area contributed by atoms with E-state index < -0.39 is 24.3 Å². The molecule has 3 aromatic rings. The lowest BCUT2D eigenvalue weighted by molar-refractivity contribution is -0.274. The Morgan fingerprint density at radius 1 is 1.27 bits per heavy atom. The fourth-order valence-electron chi connectivity index (χ4n) is 5.51. The maximum atomic E-state index is 13.0. The normalized spacial score (nSPS) is 27.8. The van der Waals surface area contributed by atoms with Gasteiger partial charge in [0, 0.05) is 33.8 Å². The van der Waals surface area contributed by atoms with Crippen molar-refractivity contribution in [2.24, 2.45) is 0 Å². The van der Waals surface area contributed by atoms with Gasteiger partial charge in [0.2, 0.25) is 0 Å². The van der Waals surface area contributed by atoms with Gasteiger partial charge >= 0.3 is 6.36 Å². The largest absolute Gasteiger partial charge is 0.573 e. The van der Waals surface area contributed by atoms with Gasteiger partial charge < -0.3 is 19.9 Å². The summed E-state index contributed by atoms with van der Waals surface area (Å²) >= 11 is 9.44. The molecule has 2 bridgehead atoms. The average molecular weight is 600 g/mol. The molecule has 8 nitrogen and oxygen atoms in total. The van der Waals surface area contributed by atoms with Gasteiger partial charge in [-0.1, -0.05) is 11.6 Å². The van der Waals surface area contributed by atoms with Crippen LogP contribution in [0.4, 0.5) is 13.2 Å². The summed E-state index contributed by atoms with van der Waals surface area (Å²) in [6.07, 6.45) is 0.143. The number of rotatable bonds is 5. The second-order valence-electron chi connectivity index (χ2n) is 9.79. The Balaban J connectivity index is 1.08. The predicted molar refractivity (Wildman–Crippen MR) is 128 cm³/mol. The highest BCUT2D eigenvalue weighted by atomic mass is 79.9. The second kappa shape index (κ2) is 8.34. The molecular formula is C24H19BrClF3N4O4. The molecule has 7 rings (SSSR count). The molecule has 2 N–H and O–H groups in total. The maximum absolute atomic E-state index is 13.0. The summed E-state index contributed by atoms with van der Waals surface area (Å²) in [6, 6.07) is 5.92. The van der Waals surface area contributed by atoms with Crippen LogP contribution in [0.15, 0.2) is 47.3 Å². The van der Waals surface area contributed by atoms with Gasteiger partial charge in [0.05, 0.1) is 34.8 Å². The van der Waals surface area contributed by atoms with Crippen LogP contribution in [0.1, 0.15) is 37.4 Å². The number of hydrogen-bond acceptors (Lipinski definition) is 6. The van der Waals surface area contributed by atoms with E-state index in [0.717, 1.165) is 6.20 Å². The van der Waals surface area contributed by atoms with E-state index in [1.165, 1.54) is 12.1 Å². The van der Waals surface area contributed by atoms with E-state index in [1.54, 1.807) is 24.5 Å². The Labute approximate surface area is 221 Å². The van der Waals surface area contributed by atoms with E-state index in [1.807, 2.05) is 4.68 Å². The van der Waals surface area contributed by atoms with Gasteiger partial charge in [0.25, 0.3) is 5.91 Å². The number of ether oxygens (including phenoxy) is 2. The molecule has 3 aliphatic carbocycles. The van der Waals surface area contributed by atoms with E-state index in [-0.39, 0.29) is 23.4 Å². The molecule has 0 saturated heterocycles. The van der Waals surface area contributed by atoms with Gasteiger partial charge in [0.15, 0.2) is 6.10 Å². The van der Waals surface area contributed by atoms with Crippen molar-refractivity contribution in [3.05, 3.63) is 57.9 Å². The van der Waals surface area contributed by atoms with Crippen molar-refractivity contribution >= 4 is 33.4 Å². The Morgan fingerprint density at radius 2 is 2.03 bits per heavy atom. The Hall–Kier alpha value is -2.83. The fourth-order valence-corrected chi connectivity index (χ4v) is 6.00. The first-order valence-electron chi connectivity index (χ1n) is 11.4. The van der Waals surface area contributed by atoms with Crippen molar-refractivity contribution < 1.29 is 32.5 Å². The molecule has 2 atom stereocenters. The van der Waals surface area contributed by atoms with Gasteiger partial charge in [0.1, 0.15) is 11.5 Å². The zero-order valence-corrected chi connectivity index (χ0v) is 21.3. The van der Waals surface area contributed by atoms with Crippen LogP contribution in [0, 0.1) is 0 Å². The topological polar surface area (TPSA) is 98.5 Å². The van der Waals surface area contributed by atoms with Crippen LogP contribution >= 0.6 is 27.5 Å². The van der Waals surface area contributed by atoms with Crippen molar-refractivity contribution in [1.82, 2.24) is 20.1 Å². The van der Waals surface area contributed by atoms with Crippen LogP contribution in [-0.2, 0) is 10.3 Å². The SMILES string of the molecule is O=C(NC12CC(n3cc(-c4ccc(OC(F)(F)F)cn4)cn3)(C1)C2)C1CC(O)c2cc(Cl)c(Br)cc2O1. The number of carbonyl (C=O) groups is 1. The first kappa shape index (κ1) is 24.5. The molecule has 4 aliphatic rings. The molecule has 2 aromatic heterocycles. The summed E-state index contributed by atoms with van der Waals surface area (Å²) in [5.41, 5.74) is 1.10. The number of aromatic nitrogens is 3. The molecular weight excluding hydrogens is 581 g/mol. The number of aliphatic hydroxyl groups is 1. The van der Waals surface area contributed by atoms with Crippen LogP contribution < -0.4 is 14.8 Å². The molecule has 0 spiro atoms. The number of carbonyl (C=O) groups excluding carboxylic acids is 1. The lowest BCUT2D eigenvalue weighted by Gasteiger charge is -2.70. The van der Waals surface area contributed by atoms with Crippen LogP contribution in [0.2, 0.25) is 5.02 Å². The fraction of sp³-hybridized carbons (Fsp3) is 0.375. The van der Waals surface area contributed by atoms with Gasteiger partial charge in [-0.25, -0.2) is 0 Å². The highest BCUT2D eigenvalue weighted by molar-refractivity contribution is 9.10. The molecule has 0 radical (unpaired) electrons. The molecule has 2 unspecified atom stereocenters. The van der Waals surface area contributed by atoms with E-state index in [4.69, 9.17) is 16.3 Å². The van der Waals surface area contributed by atoms with Crippen molar-refractivity contribution in [2.75, 3.05) is 0 Å². The maximum Gasteiger partial charge on any atom is 0.573 e. The van der Waals surface area contributed by atoms with E-state index in [2.05, 4.69) is 36.1 Å². The number of alkyl halides is 3. The third kappa shape index (κ3) is 4.34. The number of pyridine rings is 1. The summed E-state index contributed by atoms with van der Waals surface area (Å²) in [5, 5.41) is 18.5. The quantitative estimate of drug-likeness (QED) is 0.433. The average Bonchev–Trinajstić information content (AvgIpc) is 3.25. The molecule has 3 heterocycles. The number of fused-ring (bicyclic) bond motifs is 1. The third-order valence-electron chi connectivity index (χ3n) is 7.14. The summed E-state index contributed by atoms with van der Waals surface area (Å²) in [6.45, 7) is 0. The number of nitrogens with zero attached hydrogens (tertiary/aromatic N) is 3. The number of nitrogens with one attached hydrogen (secondary N) is 1. The van der Waals surface area contributed by atoms with Crippen molar-refractivity contribution in [2.45, 2.75) is 55.3 Å². The smallest absolute Gasteiger partial charge is 0.480 e. The highest BCUT2D eigenvalue weighted by Gasteiger charge is 2.70. The van der Waals surface area contributed by atoms with Crippen LogP contribution in [0.5, 0.6) is 11.5 Å². The lowest BCUT2D eigenvalue weighted by atomic mass is 9.44. The van der Waals surface area contributed by atoms with Crippen molar-refractivity contribution in [1.29, 1.82) is 0 Å². The van der Waals surface area contributed by atoms with Crippen molar-refractivity contribution in [3.8, 4) is 22.8 Å². The molecule has 1 aromatic carbocycles. The number of amides is 1. The van der Waals surface area contributed by atoms with Gasteiger partial charge in [-0.15, -0.1) is 13.2 Å². The summed E-state index contributed by atoms with van der Waals surface area (Å²) in [7, 11) is 0. The zero-order valence-electron chi connectivity index (χ0n) is 18.9. The summed E-state index contributed by atoms with van der Waals surface area (Å²) in [4.78, 5) is 17.0. The molecule has 1 aliphatic heterocycles. The first-order chi connectivity index (χ1) is 17.4. The molecule has 3 fully saturated rings. The second-order valence-corrected chi connectivity index (χ2v) is 11.0. The molecule has 194 valence electrons. The minimum atomic E-state index is -4.78. The van der Waals surface area contributed by atoms with Gasteiger partial charge in [-0.3, -0.25) is 14.5 Å². The van der Waals surface area contributed by atoms with Crippen molar-refractivity contribution in [3.63, 3.8) is 0 Å². The first-order valence-corrected chi connectivity index (χ1v) is 12.5. The van der Waals surface area contributed by atoms with Gasteiger partial charge in [-0.2, -0.15) is 5.10 Å². The lowest BCUT2D eigenvalue weighted by Crippen LogP contribution is -2.79. The Morgan fingerprint density at radius 3 is 2.70 bits per heavy atom. The zero-order chi connectivity index (χ0) is 26.2. The highest BCUT2D eigenvalue weighted by Crippen LogP contribution is 2.65. The number of hydrogen-bond donors (Lipinski definition) is 2. The standard InChI is InChI=1S/C24H19BrClF3N4O4/c25-15-4-19-14(3-16(15)26)18(34)5-20(36-19)21(35)32-22-9-23(10-22,11-22)33-8-12(6-31-33)17-2-1-13(7-30-17)37-24(27,28)29/h1-4,6-8,18,20,34H,5,9-11H2,(H,32,35). The molecule has 13 heteroatoms. The van der Waals surface area contributed by atoms with E-state index in [0.29, 0.717) is 51.3 Å². The Kier molecular flexibility index (Phi) is 5.52. The number of aliphatic hydroxyl groups excluding tert-OH is 1. The van der Waals surface area contributed by atoms with Gasteiger partial charge in [-0.05, 0) is 59.5 Å². The minimum Gasteiger partial charge on any atom is -0.480 e. The number of benzene rings is 1. The van der Waals surface area contributed by atoms with Crippen LogP contribution in [-0.4, -0.2) is 43.8 Å². The number of halogens is 5. The monoisotopic (exact) mass is 598 g/mol.